The largest absolute Gasteiger partial charge is 0.471 e. The van der Waals surface area contributed by atoms with Crippen LogP contribution >= 0.6 is 12.4 Å². The molecule has 0 unspecified atom stereocenters. The van der Waals surface area contributed by atoms with Crippen molar-refractivity contribution in [1.29, 1.82) is 0 Å². The molecular weight excluding hydrogens is 259 g/mol. The Balaban J connectivity index is 0.00000256. The van der Waals surface area contributed by atoms with Gasteiger partial charge in [0.1, 0.15) is 0 Å². The Morgan fingerprint density at radius 1 is 1.24 bits per heavy atom. The summed E-state index contributed by atoms with van der Waals surface area (Å²) in [4.78, 5) is 10.5. The number of hydrogen-bond acceptors (Lipinski definition) is 3. The summed E-state index contributed by atoms with van der Waals surface area (Å²) in [5, 5.41) is 1.76. The van der Waals surface area contributed by atoms with Crippen LogP contribution in [0.15, 0.2) is 24.3 Å². The minimum atomic E-state index is -4.85. The molecule has 0 saturated heterocycles. The van der Waals surface area contributed by atoms with Crippen LogP contribution < -0.4 is 16.6 Å². The smallest absolute Gasteiger partial charge is 0.344 e. The Morgan fingerprint density at radius 2 is 1.76 bits per heavy atom. The van der Waals surface area contributed by atoms with Gasteiger partial charge in [0, 0.05) is 12.2 Å². The van der Waals surface area contributed by atoms with Crippen molar-refractivity contribution < 1.29 is 18.0 Å². The van der Waals surface area contributed by atoms with Crippen molar-refractivity contribution in [3.63, 3.8) is 0 Å². The number of hydrogen-bond donors (Lipinski definition) is 3. The molecule has 96 valence electrons. The molecule has 17 heavy (non-hydrogen) atoms. The van der Waals surface area contributed by atoms with Crippen molar-refractivity contribution >= 4 is 24.0 Å². The zero-order valence-electron chi connectivity index (χ0n) is 8.54. The second-order valence-corrected chi connectivity index (χ2v) is 3.02. The summed E-state index contributed by atoms with van der Waals surface area (Å²) >= 11 is 0. The summed E-state index contributed by atoms with van der Waals surface area (Å²) < 4.78 is 35.5. The van der Waals surface area contributed by atoms with Crippen molar-refractivity contribution in [2.24, 2.45) is 5.84 Å². The van der Waals surface area contributed by atoms with Crippen molar-refractivity contribution in [2.75, 3.05) is 5.43 Å². The number of halogens is 4. The second-order valence-electron chi connectivity index (χ2n) is 3.02. The Kier molecular flexibility index (Phi) is 5.77. The van der Waals surface area contributed by atoms with Gasteiger partial charge in [-0.1, -0.05) is 12.1 Å². The first-order valence-corrected chi connectivity index (χ1v) is 4.34. The van der Waals surface area contributed by atoms with Gasteiger partial charge >= 0.3 is 12.1 Å². The van der Waals surface area contributed by atoms with E-state index in [9.17, 15) is 18.0 Å². The lowest BCUT2D eigenvalue weighted by atomic mass is 10.2. The van der Waals surface area contributed by atoms with E-state index < -0.39 is 12.1 Å². The molecule has 4 N–H and O–H groups in total. The quantitative estimate of drug-likeness (QED) is 0.576. The average Bonchev–Trinajstić information content (AvgIpc) is 2.25. The molecule has 0 saturated carbocycles. The van der Waals surface area contributed by atoms with Crippen molar-refractivity contribution in [3.8, 4) is 0 Å². The van der Waals surface area contributed by atoms with Crippen LogP contribution in [0.4, 0.5) is 18.9 Å². The lowest BCUT2D eigenvalue weighted by Gasteiger charge is -2.08. The van der Waals surface area contributed by atoms with Crippen molar-refractivity contribution in [3.05, 3.63) is 29.8 Å². The van der Waals surface area contributed by atoms with Gasteiger partial charge in [0.15, 0.2) is 0 Å². The van der Waals surface area contributed by atoms with E-state index in [1.165, 1.54) is 0 Å². The molecule has 0 radical (unpaired) electrons. The summed E-state index contributed by atoms with van der Waals surface area (Å²) in [6.45, 7) is -0.177. The number of hydrazine groups is 1. The third-order valence-corrected chi connectivity index (χ3v) is 1.83. The van der Waals surface area contributed by atoms with Gasteiger partial charge in [-0.25, -0.2) is 0 Å². The van der Waals surface area contributed by atoms with Crippen LogP contribution in [0.3, 0.4) is 0 Å². The van der Waals surface area contributed by atoms with E-state index >= 15 is 0 Å². The zero-order valence-corrected chi connectivity index (χ0v) is 9.36. The average molecular weight is 270 g/mol. The molecule has 0 aromatic heterocycles. The first-order valence-electron chi connectivity index (χ1n) is 4.34. The molecule has 4 nitrogen and oxygen atoms in total. The van der Waals surface area contributed by atoms with Crippen molar-refractivity contribution in [1.82, 2.24) is 5.32 Å². The lowest BCUT2D eigenvalue weighted by molar-refractivity contribution is -0.173. The highest BCUT2D eigenvalue weighted by molar-refractivity contribution is 5.85. The molecule has 8 heteroatoms. The van der Waals surface area contributed by atoms with Gasteiger partial charge in [-0.2, -0.15) is 13.2 Å². The third kappa shape index (κ3) is 4.92. The maximum Gasteiger partial charge on any atom is 0.471 e. The number of carbonyl (C=O) groups excluding carboxylic acids is 1. The molecule has 1 aromatic carbocycles. The fraction of sp³-hybridized carbons (Fsp3) is 0.222. The molecule has 0 heterocycles. The predicted molar refractivity (Wildman–Crippen MR) is 59.4 cm³/mol. The van der Waals surface area contributed by atoms with Crippen LogP contribution in [0, 0.1) is 0 Å². The SMILES string of the molecule is Cl.NNc1ccc(CNC(=O)C(F)(F)F)cc1. The van der Waals surface area contributed by atoms with Crippen molar-refractivity contribution in [2.45, 2.75) is 12.7 Å². The van der Waals surface area contributed by atoms with E-state index in [1.54, 1.807) is 29.6 Å². The van der Waals surface area contributed by atoms with E-state index in [4.69, 9.17) is 5.84 Å². The van der Waals surface area contributed by atoms with Gasteiger partial charge in [-0.15, -0.1) is 12.4 Å². The van der Waals surface area contributed by atoms with Crippen LogP contribution in [-0.4, -0.2) is 12.1 Å². The van der Waals surface area contributed by atoms with Gasteiger partial charge < -0.3 is 10.7 Å². The Labute approximate surface area is 102 Å². The maximum absolute atomic E-state index is 11.8. The molecule has 0 fully saturated rings. The molecule has 0 aliphatic rings. The molecule has 1 aromatic rings. The number of alkyl halides is 3. The Bertz CT molecular complexity index is 367. The molecule has 0 spiro atoms. The summed E-state index contributed by atoms with van der Waals surface area (Å²) in [5.41, 5.74) is 3.56. The zero-order chi connectivity index (χ0) is 12.2. The summed E-state index contributed by atoms with van der Waals surface area (Å²) in [6.07, 6.45) is -4.85. The van der Waals surface area contributed by atoms with Crippen LogP contribution in [0.1, 0.15) is 5.56 Å². The van der Waals surface area contributed by atoms with E-state index in [-0.39, 0.29) is 19.0 Å². The molecule has 1 rings (SSSR count). The first-order chi connectivity index (χ1) is 7.43. The standard InChI is InChI=1S/C9H10F3N3O.ClH/c10-9(11,12)8(16)14-5-6-1-3-7(15-13)4-2-6;/h1-4,15H,5,13H2,(H,14,16);1H. The number of anilines is 1. The highest BCUT2D eigenvalue weighted by Crippen LogP contribution is 2.14. The van der Waals surface area contributed by atoms with Gasteiger partial charge in [0.05, 0.1) is 0 Å². The molecule has 0 atom stereocenters. The van der Waals surface area contributed by atoms with Gasteiger partial charge in [-0.05, 0) is 17.7 Å². The van der Waals surface area contributed by atoms with E-state index in [1.807, 2.05) is 0 Å². The summed E-state index contributed by atoms with van der Waals surface area (Å²) in [6, 6.07) is 6.31. The molecule has 0 aliphatic heterocycles. The molecular formula is C9H11ClF3N3O. The van der Waals surface area contributed by atoms with Gasteiger partial charge in [0.2, 0.25) is 0 Å². The second kappa shape index (κ2) is 6.31. The molecule has 1 amide bonds. The number of carbonyl (C=O) groups is 1. The maximum atomic E-state index is 11.8. The summed E-state index contributed by atoms with van der Waals surface area (Å²) in [7, 11) is 0. The normalized spacial score (nSPS) is 10.4. The number of rotatable bonds is 3. The lowest BCUT2D eigenvalue weighted by Crippen LogP contribution is -2.36. The van der Waals surface area contributed by atoms with E-state index in [0.29, 0.717) is 11.3 Å². The van der Waals surface area contributed by atoms with Gasteiger partial charge in [0.25, 0.3) is 0 Å². The minimum Gasteiger partial charge on any atom is -0.344 e. The number of nitrogens with one attached hydrogen (secondary N) is 2. The fourth-order valence-corrected chi connectivity index (χ4v) is 1.00. The van der Waals surface area contributed by atoms with Crippen LogP contribution in [0.2, 0.25) is 0 Å². The molecule has 0 aliphatic carbocycles. The highest BCUT2D eigenvalue weighted by Gasteiger charge is 2.38. The highest BCUT2D eigenvalue weighted by atomic mass is 35.5. The predicted octanol–water partition coefficient (Wildman–Crippen LogP) is 1.57. The molecule has 0 bridgehead atoms. The van der Waals surface area contributed by atoms with Crippen LogP contribution in [-0.2, 0) is 11.3 Å². The minimum absolute atomic E-state index is 0. The van der Waals surface area contributed by atoms with Crippen LogP contribution in [0.5, 0.6) is 0 Å². The number of benzene rings is 1. The number of nitrogens with two attached hydrogens (primary N) is 1. The first kappa shape index (κ1) is 15.5. The Hall–Kier alpha value is -1.47. The number of amides is 1. The van der Waals surface area contributed by atoms with Crippen LogP contribution in [0.25, 0.3) is 0 Å². The Morgan fingerprint density at radius 3 is 2.18 bits per heavy atom. The topological polar surface area (TPSA) is 67.2 Å². The third-order valence-electron chi connectivity index (χ3n) is 1.83. The fourth-order valence-electron chi connectivity index (χ4n) is 1.00. The van der Waals surface area contributed by atoms with E-state index in [0.717, 1.165) is 0 Å². The monoisotopic (exact) mass is 269 g/mol. The van der Waals surface area contributed by atoms with E-state index in [2.05, 4.69) is 5.43 Å². The summed E-state index contributed by atoms with van der Waals surface area (Å²) in [5.74, 6) is 3.16. The number of nitrogen functional groups attached to an aromatic ring is 1. The van der Waals surface area contributed by atoms with Gasteiger partial charge in [-0.3, -0.25) is 10.6 Å².